The van der Waals surface area contributed by atoms with Gasteiger partial charge in [-0.3, -0.25) is 0 Å². The van der Waals surface area contributed by atoms with E-state index in [2.05, 4.69) is 5.32 Å². The largest absolute Gasteiger partial charge is 0.316 e. The normalized spacial score (nSPS) is 31.3. The number of rotatable bonds is 1. The lowest BCUT2D eigenvalue weighted by Gasteiger charge is -1.97. The molecule has 0 radical (unpaired) electrons. The SMILES string of the molecule is ClCC1CCNC1. The summed E-state index contributed by atoms with van der Waals surface area (Å²) in [5.74, 6) is 1.58. The van der Waals surface area contributed by atoms with Crippen LogP contribution in [0.25, 0.3) is 0 Å². The summed E-state index contributed by atoms with van der Waals surface area (Å²) in [4.78, 5) is 0. The van der Waals surface area contributed by atoms with Crippen LogP contribution in [0.1, 0.15) is 6.42 Å². The lowest BCUT2D eigenvalue weighted by molar-refractivity contribution is 0.658. The Morgan fingerprint density at radius 1 is 1.71 bits per heavy atom. The van der Waals surface area contributed by atoms with E-state index in [4.69, 9.17) is 11.6 Å². The van der Waals surface area contributed by atoms with Gasteiger partial charge in [0, 0.05) is 5.88 Å². The lowest BCUT2D eigenvalue weighted by atomic mass is 10.2. The van der Waals surface area contributed by atoms with Gasteiger partial charge in [-0.1, -0.05) is 0 Å². The molecule has 1 unspecified atom stereocenters. The van der Waals surface area contributed by atoms with E-state index >= 15 is 0 Å². The van der Waals surface area contributed by atoms with Crippen molar-refractivity contribution in [3.63, 3.8) is 0 Å². The van der Waals surface area contributed by atoms with Crippen LogP contribution in [0, 0.1) is 5.92 Å². The Morgan fingerprint density at radius 3 is 2.86 bits per heavy atom. The minimum absolute atomic E-state index is 0.752. The first kappa shape index (κ1) is 5.39. The van der Waals surface area contributed by atoms with Crippen LogP contribution in [0.3, 0.4) is 0 Å². The Balaban J connectivity index is 2.14. The number of halogens is 1. The molecule has 1 aliphatic rings. The van der Waals surface area contributed by atoms with Crippen molar-refractivity contribution in [1.82, 2.24) is 5.32 Å². The predicted octanol–water partition coefficient (Wildman–Crippen LogP) is 0.835. The molecular formula is C5H10ClN. The van der Waals surface area contributed by atoms with Gasteiger partial charge in [0.2, 0.25) is 0 Å². The Labute approximate surface area is 49.0 Å². The van der Waals surface area contributed by atoms with Crippen molar-refractivity contribution in [2.24, 2.45) is 5.92 Å². The van der Waals surface area contributed by atoms with Crippen LogP contribution in [-0.2, 0) is 0 Å². The summed E-state index contributed by atoms with van der Waals surface area (Å²) in [6.45, 7) is 2.29. The molecule has 1 fully saturated rings. The van der Waals surface area contributed by atoms with Crippen LogP contribution in [0.4, 0.5) is 0 Å². The van der Waals surface area contributed by atoms with Gasteiger partial charge in [0.05, 0.1) is 0 Å². The molecule has 1 atom stereocenters. The van der Waals surface area contributed by atoms with E-state index in [-0.39, 0.29) is 0 Å². The van der Waals surface area contributed by atoms with E-state index in [9.17, 15) is 0 Å². The number of hydrogen-bond donors (Lipinski definition) is 1. The summed E-state index contributed by atoms with van der Waals surface area (Å²) in [5.41, 5.74) is 0. The van der Waals surface area contributed by atoms with Gasteiger partial charge in [0.15, 0.2) is 0 Å². The maximum Gasteiger partial charge on any atom is 0.0264 e. The molecule has 0 bridgehead atoms. The molecule has 2 heteroatoms. The zero-order valence-corrected chi connectivity index (χ0v) is 5.04. The molecule has 0 spiro atoms. The number of hydrogen-bond acceptors (Lipinski definition) is 1. The fourth-order valence-electron chi connectivity index (χ4n) is 0.846. The van der Waals surface area contributed by atoms with Crippen molar-refractivity contribution in [3.8, 4) is 0 Å². The van der Waals surface area contributed by atoms with Crippen LogP contribution >= 0.6 is 11.6 Å². The van der Waals surface area contributed by atoms with Crippen LogP contribution < -0.4 is 5.32 Å². The molecule has 0 saturated carbocycles. The van der Waals surface area contributed by atoms with Gasteiger partial charge in [-0.2, -0.15) is 0 Å². The van der Waals surface area contributed by atoms with Gasteiger partial charge in [-0.15, -0.1) is 11.6 Å². The molecule has 0 amide bonds. The third-order valence-electron chi connectivity index (χ3n) is 1.38. The summed E-state index contributed by atoms with van der Waals surface area (Å²) in [5, 5.41) is 3.24. The Kier molecular flexibility index (Phi) is 1.95. The topological polar surface area (TPSA) is 12.0 Å². The van der Waals surface area contributed by atoms with Crippen molar-refractivity contribution in [1.29, 1.82) is 0 Å². The quantitative estimate of drug-likeness (QED) is 0.505. The van der Waals surface area contributed by atoms with Gasteiger partial charge in [-0.25, -0.2) is 0 Å². The Bertz CT molecular complexity index is 50.0. The molecule has 7 heavy (non-hydrogen) atoms. The summed E-state index contributed by atoms with van der Waals surface area (Å²) in [6, 6.07) is 0. The zero-order chi connectivity index (χ0) is 5.11. The monoisotopic (exact) mass is 119 g/mol. The number of alkyl halides is 1. The first-order valence-electron chi connectivity index (χ1n) is 2.70. The average Bonchev–Trinajstić information content (AvgIpc) is 2.14. The van der Waals surface area contributed by atoms with Gasteiger partial charge >= 0.3 is 0 Å². The maximum absolute atomic E-state index is 5.57. The second kappa shape index (κ2) is 2.53. The molecule has 0 aromatic heterocycles. The summed E-state index contributed by atoms with van der Waals surface area (Å²) < 4.78 is 0. The second-order valence-electron chi connectivity index (χ2n) is 2.01. The standard InChI is InChI=1S/C5H10ClN/c6-3-5-1-2-7-4-5/h5,7H,1-4H2. The molecule has 1 nitrogen and oxygen atoms in total. The Morgan fingerprint density at radius 2 is 2.57 bits per heavy atom. The fourth-order valence-corrected chi connectivity index (χ4v) is 1.11. The highest BCUT2D eigenvalue weighted by Crippen LogP contribution is 2.07. The van der Waals surface area contributed by atoms with E-state index in [1.165, 1.54) is 6.42 Å². The first-order chi connectivity index (χ1) is 3.43. The molecule has 0 aromatic rings. The molecule has 0 aliphatic carbocycles. The van der Waals surface area contributed by atoms with E-state index in [0.717, 1.165) is 24.9 Å². The highest BCUT2D eigenvalue weighted by molar-refractivity contribution is 6.18. The first-order valence-corrected chi connectivity index (χ1v) is 3.23. The number of nitrogens with one attached hydrogen (secondary N) is 1. The van der Waals surface area contributed by atoms with Crippen LogP contribution in [0.15, 0.2) is 0 Å². The fraction of sp³-hybridized carbons (Fsp3) is 1.00. The van der Waals surface area contributed by atoms with Gasteiger partial charge in [-0.05, 0) is 25.4 Å². The minimum atomic E-state index is 0.752. The zero-order valence-electron chi connectivity index (χ0n) is 4.28. The van der Waals surface area contributed by atoms with E-state index in [1.54, 1.807) is 0 Å². The summed E-state index contributed by atoms with van der Waals surface area (Å²) in [6.07, 6.45) is 1.27. The highest BCUT2D eigenvalue weighted by atomic mass is 35.5. The van der Waals surface area contributed by atoms with Crippen LogP contribution in [0.2, 0.25) is 0 Å². The minimum Gasteiger partial charge on any atom is -0.316 e. The summed E-state index contributed by atoms with van der Waals surface area (Å²) >= 11 is 5.57. The van der Waals surface area contributed by atoms with Gasteiger partial charge in [0.1, 0.15) is 0 Å². The molecule has 1 aliphatic heterocycles. The van der Waals surface area contributed by atoms with Gasteiger partial charge < -0.3 is 5.32 Å². The highest BCUT2D eigenvalue weighted by Gasteiger charge is 2.11. The molecule has 0 aromatic carbocycles. The van der Waals surface area contributed by atoms with E-state index in [0.29, 0.717) is 0 Å². The third kappa shape index (κ3) is 1.32. The van der Waals surface area contributed by atoms with Crippen molar-refractivity contribution in [2.75, 3.05) is 19.0 Å². The predicted molar refractivity (Wildman–Crippen MR) is 31.7 cm³/mol. The van der Waals surface area contributed by atoms with E-state index in [1.807, 2.05) is 0 Å². The maximum atomic E-state index is 5.57. The molecule has 1 saturated heterocycles. The second-order valence-corrected chi connectivity index (χ2v) is 2.32. The van der Waals surface area contributed by atoms with Crippen molar-refractivity contribution >= 4 is 11.6 Å². The molecular weight excluding hydrogens is 110 g/mol. The van der Waals surface area contributed by atoms with Crippen molar-refractivity contribution in [3.05, 3.63) is 0 Å². The molecule has 42 valence electrons. The summed E-state index contributed by atoms with van der Waals surface area (Å²) in [7, 11) is 0. The third-order valence-corrected chi connectivity index (χ3v) is 1.82. The van der Waals surface area contributed by atoms with E-state index < -0.39 is 0 Å². The van der Waals surface area contributed by atoms with Crippen LogP contribution in [-0.4, -0.2) is 19.0 Å². The molecule has 1 heterocycles. The van der Waals surface area contributed by atoms with Gasteiger partial charge in [0.25, 0.3) is 0 Å². The molecule has 1 rings (SSSR count). The Hall–Kier alpha value is 0.250. The van der Waals surface area contributed by atoms with Crippen LogP contribution in [0.5, 0.6) is 0 Å². The smallest absolute Gasteiger partial charge is 0.0264 e. The lowest BCUT2D eigenvalue weighted by Crippen LogP contribution is -2.09. The van der Waals surface area contributed by atoms with Crippen molar-refractivity contribution in [2.45, 2.75) is 6.42 Å². The molecule has 1 N–H and O–H groups in total. The van der Waals surface area contributed by atoms with Crippen molar-refractivity contribution < 1.29 is 0 Å². The average molecular weight is 120 g/mol.